The van der Waals surface area contributed by atoms with Crippen LogP contribution in [0.5, 0.6) is 0 Å². The zero-order valence-corrected chi connectivity index (χ0v) is 17.7. The van der Waals surface area contributed by atoms with Crippen molar-refractivity contribution in [3.8, 4) is 10.8 Å². The first-order chi connectivity index (χ1) is 13.5. The molecule has 2 N–H and O–H groups in total. The highest BCUT2D eigenvalue weighted by Crippen LogP contribution is 2.39. The summed E-state index contributed by atoms with van der Waals surface area (Å²) in [4.78, 5) is 18.0. The molecule has 1 amide bonds. The summed E-state index contributed by atoms with van der Waals surface area (Å²) in [5, 5.41) is 7.34. The van der Waals surface area contributed by atoms with Crippen molar-refractivity contribution in [2.45, 2.75) is 46.6 Å². The fraction of sp³-hybridized carbons (Fsp3) is 0.364. The van der Waals surface area contributed by atoms with Crippen molar-refractivity contribution in [3.63, 3.8) is 0 Å². The lowest BCUT2D eigenvalue weighted by molar-refractivity contribution is 0.0944. The number of benzene rings is 1. The maximum atomic E-state index is 12.8. The normalized spacial score (nSPS) is 11.0. The number of oxazole rings is 1. The van der Waals surface area contributed by atoms with Gasteiger partial charge in [0.2, 0.25) is 5.89 Å². The molecule has 28 heavy (non-hydrogen) atoms. The number of thiophene rings is 1. The summed E-state index contributed by atoms with van der Waals surface area (Å²) < 4.78 is 5.47. The lowest BCUT2D eigenvalue weighted by atomic mass is 10.0. The number of nitrogens with zero attached hydrogens (tertiary/aromatic N) is 1. The topological polar surface area (TPSA) is 67.2 Å². The van der Waals surface area contributed by atoms with Gasteiger partial charge in [0.25, 0.3) is 5.91 Å². The number of rotatable bonds is 8. The standard InChI is InChI=1S/C22H27N3O2S/c1-5-16-8-6-7-9-17(16)10-11-24-22-18(20(26)25-14(2)3)15(4)19(28-22)21-23-12-13-27-21/h6-9,12-14,24H,5,10-11H2,1-4H3,(H,25,26). The Hall–Kier alpha value is -2.60. The van der Waals surface area contributed by atoms with E-state index in [0.29, 0.717) is 11.5 Å². The molecule has 2 aromatic heterocycles. The van der Waals surface area contributed by atoms with E-state index in [4.69, 9.17) is 4.42 Å². The van der Waals surface area contributed by atoms with E-state index in [2.05, 4.69) is 46.8 Å². The third kappa shape index (κ3) is 4.44. The van der Waals surface area contributed by atoms with E-state index in [1.165, 1.54) is 22.5 Å². The van der Waals surface area contributed by atoms with E-state index >= 15 is 0 Å². The van der Waals surface area contributed by atoms with Gasteiger partial charge in [-0.05, 0) is 50.3 Å². The molecular weight excluding hydrogens is 370 g/mol. The highest BCUT2D eigenvalue weighted by atomic mass is 32.1. The molecule has 0 fully saturated rings. The smallest absolute Gasteiger partial charge is 0.254 e. The zero-order chi connectivity index (χ0) is 20.1. The predicted octanol–water partition coefficient (Wildman–Crippen LogP) is 5.07. The van der Waals surface area contributed by atoms with Crippen molar-refractivity contribution in [2.75, 3.05) is 11.9 Å². The molecule has 0 saturated heterocycles. The van der Waals surface area contributed by atoms with Crippen LogP contribution in [0.25, 0.3) is 10.8 Å². The Morgan fingerprint density at radius 2 is 2.00 bits per heavy atom. The maximum Gasteiger partial charge on any atom is 0.254 e. The van der Waals surface area contributed by atoms with Gasteiger partial charge in [0.15, 0.2) is 0 Å². The van der Waals surface area contributed by atoms with Crippen LogP contribution in [0.15, 0.2) is 41.1 Å². The number of aryl methyl sites for hydroxylation is 1. The average molecular weight is 398 g/mol. The lowest BCUT2D eigenvalue weighted by Gasteiger charge is -2.12. The highest BCUT2D eigenvalue weighted by molar-refractivity contribution is 7.20. The van der Waals surface area contributed by atoms with E-state index in [9.17, 15) is 4.79 Å². The summed E-state index contributed by atoms with van der Waals surface area (Å²) in [6.45, 7) is 8.80. The number of aromatic nitrogens is 1. The van der Waals surface area contributed by atoms with Gasteiger partial charge in [-0.15, -0.1) is 11.3 Å². The third-order valence-electron chi connectivity index (χ3n) is 4.60. The fourth-order valence-corrected chi connectivity index (χ4v) is 4.41. The molecule has 0 aliphatic rings. The molecule has 0 aliphatic heterocycles. The molecule has 0 unspecified atom stereocenters. The van der Waals surface area contributed by atoms with E-state index in [1.807, 2.05) is 20.8 Å². The van der Waals surface area contributed by atoms with Gasteiger partial charge in [-0.25, -0.2) is 4.98 Å². The lowest BCUT2D eigenvalue weighted by Crippen LogP contribution is -2.30. The van der Waals surface area contributed by atoms with Crippen LogP contribution in [0.1, 0.15) is 47.8 Å². The van der Waals surface area contributed by atoms with Gasteiger partial charge in [-0.3, -0.25) is 4.79 Å². The van der Waals surface area contributed by atoms with Gasteiger partial charge < -0.3 is 15.1 Å². The van der Waals surface area contributed by atoms with Crippen LogP contribution in [0, 0.1) is 6.92 Å². The molecule has 0 bridgehead atoms. The van der Waals surface area contributed by atoms with E-state index < -0.39 is 0 Å². The second kappa shape index (κ2) is 9.06. The van der Waals surface area contributed by atoms with Crippen molar-refractivity contribution in [1.29, 1.82) is 0 Å². The first kappa shape index (κ1) is 20.1. The first-order valence-corrected chi connectivity index (χ1v) is 10.5. The number of anilines is 1. The van der Waals surface area contributed by atoms with Crippen molar-refractivity contribution in [3.05, 3.63) is 59.0 Å². The fourth-order valence-electron chi connectivity index (χ4n) is 3.24. The average Bonchev–Trinajstić information content (AvgIpc) is 3.29. The van der Waals surface area contributed by atoms with Gasteiger partial charge in [-0.1, -0.05) is 31.2 Å². The van der Waals surface area contributed by atoms with E-state index in [1.54, 1.807) is 12.5 Å². The third-order valence-corrected chi connectivity index (χ3v) is 5.84. The van der Waals surface area contributed by atoms with Crippen LogP contribution in [-0.2, 0) is 12.8 Å². The number of hydrogen-bond acceptors (Lipinski definition) is 5. The van der Waals surface area contributed by atoms with Crippen LogP contribution in [0.4, 0.5) is 5.00 Å². The van der Waals surface area contributed by atoms with Crippen molar-refractivity contribution >= 4 is 22.2 Å². The Morgan fingerprint density at radius 3 is 2.64 bits per heavy atom. The van der Waals surface area contributed by atoms with E-state index in [-0.39, 0.29) is 11.9 Å². The van der Waals surface area contributed by atoms with Gasteiger partial charge in [0.1, 0.15) is 11.3 Å². The molecule has 3 rings (SSSR count). The Balaban J connectivity index is 1.84. The van der Waals surface area contributed by atoms with Crippen molar-refractivity contribution < 1.29 is 9.21 Å². The summed E-state index contributed by atoms with van der Waals surface area (Å²) in [6.07, 6.45) is 5.10. The monoisotopic (exact) mass is 397 g/mol. The van der Waals surface area contributed by atoms with Crippen molar-refractivity contribution in [1.82, 2.24) is 10.3 Å². The second-order valence-electron chi connectivity index (χ2n) is 7.02. The molecule has 6 heteroatoms. The molecule has 0 aliphatic carbocycles. The minimum absolute atomic E-state index is 0.0706. The Bertz CT molecular complexity index is 929. The molecule has 0 radical (unpaired) electrons. The molecule has 3 aromatic rings. The van der Waals surface area contributed by atoms with Gasteiger partial charge in [-0.2, -0.15) is 0 Å². The maximum absolute atomic E-state index is 12.8. The molecule has 1 aromatic carbocycles. The molecule has 2 heterocycles. The molecule has 0 spiro atoms. The number of carbonyl (C=O) groups excluding carboxylic acids is 1. The summed E-state index contributed by atoms with van der Waals surface area (Å²) in [5.74, 6) is 0.475. The largest absolute Gasteiger partial charge is 0.444 e. The number of hydrogen-bond donors (Lipinski definition) is 2. The molecule has 0 saturated carbocycles. The molecular formula is C22H27N3O2S. The summed E-state index contributed by atoms with van der Waals surface area (Å²) in [7, 11) is 0. The number of amides is 1. The van der Waals surface area contributed by atoms with Crippen LogP contribution in [-0.4, -0.2) is 23.5 Å². The minimum Gasteiger partial charge on any atom is -0.444 e. The number of nitrogens with one attached hydrogen (secondary N) is 2. The number of carbonyl (C=O) groups is 1. The van der Waals surface area contributed by atoms with Crippen LogP contribution in [0.2, 0.25) is 0 Å². The van der Waals surface area contributed by atoms with Gasteiger partial charge >= 0.3 is 0 Å². The van der Waals surface area contributed by atoms with Crippen LogP contribution < -0.4 is 10.6 Å². The van der Waals surface area contributed by atoms with Crippen LogP contribution >= 0.6 is 11.3 Å². The van der Waals surface area contributed by atoms with Crippen LogP contribution in [0.3, 0.4) is 0 Å². The Labute approximate surface area is 170 Å². The Kier molecular flexibility index (Phi) is 6.52. The molecule has 0 atom stereocenters. The van der Waals surface area contributed by atoms with Gasteiger partial charge in [0.05, 0.1) is 16.6 Å². The molecule has 5 nitrogen and oxygen atoms in total. The predicted molar refractivity (Wildman–Crippen MR) is 115 cm³/mol. The first-order valence-electron chi connectivity index (χ1n) is 9.66. The summed E-state index contributed by atoms with van der Waals surface area (Å²) in [6, 6.07) is 8.57. The zero-order valence-electron chi connectivity index (χ0n) is 16.8. The second-order valence-corrected chi connectivity index (χ2v) is 8.05. The molecule has 148 valence electrons. The van der Waals surface area contributed by atoms with Gasteiger partial charge in [0, 0.05) is 12.6 Å². The SMILES string of the molecule is CCc1ccccc1CCNc1sc(-c2ncco2)c(C)c1C(=O)NC(C)C. The summed E-state index contributed by atoms with van der Waals surface area (Å²) >= 11 is 1.52. The van der Waals surface area contributed by atoms with E-state index in [0.717, 1.165) is 34.8 Å². The quantitative estimate of drug-likeness (QED) is 0.557. The summed E-state index contributed by atoms with van der Waals surface area (Å²) in [5.41, 5.74) is 4.27. The minimum atomic E-state index is -0.0713. The highest BCUT2D eigenvalue weighted by Gasteiger charge is 2.24. The van der Waals surface area contributed by atoms with Crippen molar-refractivity contribution in [2.24, 2.45) is 0 Å². The Morgan fingerprint density at radius 1 is 1.25 bits per heavy atom.